The molecule has 0 aromatic carbocycles. The molecule has 1 atom stereocenters. The van der Waals surface area contributed by atoms with Crippen LogP contribution in [-0.4, -0.2) is 49.7 Å². The van der Waals surface area contributed by atoms with E-state index in [2.05, 4.69) is 5.10 Å². The van der Waals surface area contributed by atoms with Crippen molar-refractivity contribution in [3.05, 3.63) is 34.8 Å². The highest BCUT2D eigenvalue weighted by molar-refractivity contribution is 7.13. The summed E-state index contributed by atoms with van der Waals surface area (Å²) < 4.78 is 1.68. The third kappa shape index (κ3) is 2.80. The van der Waals surface area contributed by atoms with Crippen molar-refractivity contribution < 1.29 is 14.7 Å². The summed E-state index contributed by atoms with van der Waals surface area (Å²) in [5.74, 6) is -1.03. The van der Waals surface area contributed by atoms with Gasteiger partial charge < -0.3 is 10.0 Å². The normalized spacial score (nSPS) is 19.7. The molecule has 1 aliphatic heterocycles. The molecule has 7 nitrogen and oxygen atoms in total. The molecule has 140 valence electrons. The third-order valence-corrected chi connectivity index (χ3v) is 6.14. The van der Waals surface area contributed by atoms with E-state index in [4.69, 9.17) is 4.98 Å². The molecule has 1 fully saturated rings. The second-order valence-corrected chi connectivity index (χ2v) is 8.23. The van der Waals surface area contributed by atoms with Crippen molar-refractivity contribution in [1.29, 1.82) is 0 Å². The largest absolute Gasteiger partial charge is 0.481 e. The molecule has 1 unspecified atom stereocenters. The van der Waals surface area contributed by atoms with Crippen LogP contribution < -0.4 is 0 Å². The molecule has 0 radical (unpaired) electrons. The van der Waals surface area contributed by atoms with Crippen LogP contribution in [0.5, 0.6) is 0 Å². The van der Waals surface area contributed by atoms with Crippen LogP contribution in [0.2, 0.25) is 0 Å². The fourth-order valence-corrected chi connectivity index (χ4v) is 4.33. The lowest BCUT2D eigenvalue weighted by Gasteiger charge is -2.20. The number of hydrogen-bond donors (Lipinski definition) is 1. The first-order valence-electron chi connectivity index (χ1n) is 8.71. The summed E-state index contributed by atoms with van der Waals surface area (Å²) in [6, 6.07) is 5.72. The van der Waals surface area contributed by atoms with Gasteiger partial charge in [-0.15, -0.1) is 11.3 Å². The number of amides is 1. The van der Waals surface area contributed by atoms with Gasteiger partial charge in [-0.3, -0.25) is 14.3 Å². The standard InChI is InChI=1S/C19H20N4O3S/c1-11-15-12(17(24)23-7-6-19(2,10-23)18(25)26)9-13(14-5-4-8-27-14)20-16(15)22(3)21-11/h4-5,8-9H,6-7,10H2,1-3H3,(H,25,26). The maximum absolute atomic E-state index is 13.3. The van der Waals surface area contributed by atoms with Gasteiger partial charge in [0, 0.05) is 20.1 Å². The predicted octanol–water partition coefficient (Wildman–Crippen LogP) is 2.94. The Balaban J connectivity index is 1.83. The van der Waals surface area contributed by atoms with Crippen molar-refractivity contribution >= 4 is 34.2 Å². The van der Waals surface area contributed by atoms with Crippen LogP contribution in [0, 0.1) is 12.3 Å². The van der Waals surface area contributed by atoms with E-state index in [1.54, 1.807) is 27.8 Å². The number of carboxylic acids is 1. The van der Waals surface area contributed by atoms with E-state index in [0.717, 1.165) is 21.7 Å². The fourth-order valence-electron chi connectivity index (χ4n) is 3.64. The Labute approximate surface area is 160 Å². The van der Waals surface area contributed by atoms with Crippen molar-refractivity contribution in [2.24, 2.45) is 12.5 Å². The SMILES string of the molecule is Cc1nn(C)c2nc(-c3cccs3)cc(C(=O)N3CCC(C)(C(=O)O)C3)c12. The monoisotopic (exact) mass is 384 g/mol. The van der Waals surface area contributed by atoms with Gasteiger partial charge in [0.2, 0.25) is 0 Å². The van der Waals surface area contributed by atoms with Crippen LogP contribution in [0.25, 0.3) is 21.6 Å². The molecule has 0 bridgehead atoms. The second kappa shape index (κ2) is 6.16. The van der Waals surface area contributed by atoms with Crippen LogP contribution in [-0.2, 0) is 11.8 Å². The Morgan fingerprint density at radius 3 is 2.78 bits per heavy atom. The number of likely N-dealkylation sites (tertiary alicyclic amines) is 1. The molecule has 1 aliphatic rings. The minimum absolute atomic E-state index is 0.165. The van der Waals surface area contributed by atoms with Crippen LogP contribution in [0.3, 0.4) is 0 Å². The van der Waals surface area contributed by atoms with E-state index in [-0.39, 0.29) is 12.5 Å². The number of carbonyl (C=O) groups is 2. The van der Waals surface area contributed by atoms with Gasteiger partial charge in [0.25, 0.3) is 5.91 Å². The van der Waals surface area contributed by atoms with Crippen molar-refractivity contribution in [3.63, 3.8) is 0 Å². The first-order chi connectivity index (χ1) is 12.8. The summed E-state index contributed by atoms with van der Waals surface area (Å²) in [5, 5.41) is 16.6. The molecule has 0 saturated carbocycles. The summed E-state index contributed by atoms with van der Waals surface area (Å²) in [4.78, 5) is 32.2. The van der Waals surface area contributed by atoms with Crippen molar-refractivity contribution in [2.45, 2.75) is 20.3 Å². The summed E-state index contributed by atoms with van der Waals surface area (Å²) in [6.45, 7) is 4.19. The lowest BCUT2D eigenvalue weighted by molar-refractivity contribution is -0.147. The molecule has 4 heterocycles. The zero-order valence-corrected chi connectivity index (χ0v) is 16.2. The minimum atomic E-state index is -0.900. The maximum atomic E-state index is 13.3. The number of aromatic nitrogens is 3. The van der Waals surface area contributed by atoms with E-state index in [1.165, 1.54) is 0 Å². The molecule has 1 saturated heterocycles. The van der Waals surface area contributed by atoms with E-state index in [0.29, 0.717) is 24.2 Å². The Bertz CT molecular complexity index is 1060. The molecule has 3 aromatic heterocycles. The van der Waals surface area contributed by atoms with Crippen LogP contribution in [0.15, 0.2) is 23.6 Å². The number of nitrogens with zero attached hydrogens (tertiary/aromatic N) is 4. The van der Waals surface area contributed by atoms with Gasteiger partial charge in [0.1, 0.15) is 0 Å². The second-order valence-electron chi connectivity index (χ2n) is 7.28. The molecule has 0 aliphatic carbocycles. The third-order valence-electron chi connectivity index (χ3n) is 5.25. The Kier molecular flexibility index (Phi) is 4.03. The van der Waals surface area contributed by atoms with E-state index < -0.39 is 11.4 Å². The number of fused-ring (bicyclic) bond motifs is 1. The highest BCUT2D eigenvalue weighted by Gasteiger charge is 2.42. The lowest BCUT2D eigenvalue weighted by Crippen LogP contribution is -2.35. The highest BCUT2D eigenvalue weighted by Crippen LogP contribution is 2.34. The van der Waals surface area contributed by atoms with Gasteiger partial charge in [-0.25, -0.2) is 4.98 Å². The van der Waals surface area contributed by atoms with Crippen molar-refractivity contribution in [1.82, 2.24) is 19.7 Å². The molecule has 0 spiro atoms. The Hall–Kier alpha value is -2.74. The zero-order valence-electron chi connectivity index (χ0n) is 15.4. The summed E-state index contributed by atoms with van der Waals surface area (Å²) in [5.41, 5.74) is 1.75. The molecule has 1 N–H and O–H groups in total. The van der Waals surface area contributed by atoms with Gasteiger partial charge in [0.15, 0.2) is 5.65 Å². The topological polar surface area (TPSA) is 88.3 Å². The van der Waals surface area contributed by atoms with Crippen molar-refractivity contribution in [3.8, 4) is 10.6 Å². The van der Waals surface area contributed by atoms with Crippen LogP contribution in [0.1, 0.15) is 29.4 Å². The quantitative estimate of drug-likeness (QED) is 0.750. The smallest absolute Gasteiger partial charge is 0.311 e. The zero-order chi connectivity index (χ0) is 19.3. The number of pyridine rings is 1. The van der Waals surface area contributed by atoms with Gasteiger partial charge in [-0.2, -0.15) is 5.10 Å². The van der Waals surface area contributed by atoms with E-state index in [1.807, 2.05) is 37.6 Å². The fraction of sp³-hybridized carbons (Fsp3) is 0.368. The number of carboxylic acid groups (broad SMARTS) is 1. The van der Waals surface area contributed by atoms with Crippen molar-refractivity contribution in [2.75, 3.05) is 13.1 Å². The van der Waals surface area contributed by atoms with Gasteiger partial charge >= 0.3 is 5.97 Å². The van der Waals surface area contributed by atoms with E-state index >= 15 is 0 Å². The first kappa shape index (κ1) is 17.7. The Morgan fingerprint density at radius 2 is 2.15 bits per heavy atom. The summed E-state index contributed by atoms with van der Waals surface area (Å²) in [6.07, 6.45) is 0.450. The average molecular weight is 384 g/mol. The van der Waals surface area contributed by atoms with Crippen LogP contribution in [0.4, 0.5) is 0 Å². The lowest BCUT2D eigenvalue weighted by atomic mass is 9.90. The molecule has 1 amide bonds. The first-order valence-corrected chi connectivity index (χ1v) is 9.59. The summed E-state index contributed by atoms with van der Waals surface area (Å²) >= 11 is 1.56. The van der Waals surface area contributed by atoms with E-state index in [9.17, 15) is 14.7 Å². The predicted molar refractivity (Wildman–Crippen MR) is 103 cm³/mol. The number of rotatable bonds is 3. The number of aryl methyl sites for hydroxylation is 2. The number of aliphatic carboxylic acids is 1. The number of thiophene rings is 1. The molecular weight excluding hydrogens is 364 g/mol. The maximum Gasteiger partial charge on any atom is 0.311 e. The molecule has 27 heavy (non-hydrogen) atoms. The average Bonchev–Trinajstić information content (AvgIpc) is 3.35. The van der Waals surface area contributed by atoms with Gasteiger partial charge in [-0.1, -0.05) is 6.07 Å². The Morgan fingerprint density at radius 1 is 1.37 bits per heavy atom. The summed E-state index contributed by atoms with van der Waals surface area (Å²) in [7, 11) is 1.81. The number of hydrogen-bond acceptors (Lipinski definition) is 5. The van der Waals surface area contributed by atoms with Crippen LogP contribution >= 0.6 is 11.3 Å². The minimum Gasteiger partial charge on any atom is -0.481 e. The highest BCUT2D eigenvalue weighted by atomic mass is 32.1. The number of carbonyl (C=O) groups excluding carboxylic acids is 1. The van der Waals surface area contributed by atoms with Gasteiger partial charge in [-0.05, 0) is 37.8 Å². The molecule has 8 heteroatoms. The molecule has 4 rings (SSSR count). The molecule has 3 aromatic rings. The molecular formula is C19H20N4O3S. The van der Waals surface area contributed by atoms with Gasteiger partial charge in [0.05, 0.1) is 32.6 Å².